The second-order valence-corrected chi connectivity index (χ2v) is 5.40. The van der Waals surface area contributed by atoms with Gasteiger partial charge in [0.1, 0.15) is 0 Å². The molecule has 0 aliphatic carbocycles. The number of nitrogen functional groups attached to an aromatic ring is 1. The zero-order valence-corrected chi connectivity index (χ0v) is 13.1. The predicted molar refractivity (Wildman–Crippen MR) is 82.6 cm³/mol. The number of benzene rings is 1. The van der Waals surface area contributed by atoms with Crippen LogP contribution in [0.25, 0.3) is 0 Å². The lowest BCUT2D eigenvalue weighted by Gasteiger charge is -2.22. The van der Waals surface area contributed by atoms with Crippen molar-refractivity contribution in [2.24, 2.45) is 0 Å². The van der Waals surface area contributed by atoms with Gasteiger partial charge in [0.2, 0.25) is 0 Å². The lowest BCUT2D eigenvalue weighted by atomic mass is 10.2. The zero-order chi connectivity index (χ0) is 13.4. The molecule has 2 N–H and O–H groups in total. The van der Waals surface area contributed by atoms with Gasteiger partial charge in [-0.25, -0.2) is 0 Å². The van der Waals surface area contributed by atoms with E-state index in [-0.39, 0.29) is 0 Å². The van der Waals surface area contributed by atoms with Crippen molar-refractivity contribution in [3.63, 3.8) is 0 Å². The van der Waals surface area contributed by atoms with Crippen LogP contribution in [-0.4, -0.2) is 45.4 Å². The Morgan fingerprint density at radius 3 is 2.22 bits per heavy atom. The van der Waals surface area contributed by atoms with E-state index in [4.69, 9.17) is 15.2 Å². The smallest absolute Gasteiger partial charge is 0.0589 e. The first-order valence-corrected chi connectivity index (χ1v) is 6.98. The molecule has 0 aliphatic rings. The number of nitrogens with zero attached hydrogens (tertiary/aromatic N) is 1. The fourth-order valence-corrected chi connectivity index (χ4v) is 2.50. The maximum Gasteiger partial charge on any atom is 0.0589 e. The van der Waals surface area contributed by atoms with E-state index in [1.807, 2.05) is 12.1 Å². The number of halogens is 1. The van der Waals surface area contributed by atoms with Crippen LogP contribution in [0.1, 0.15) is 5.56 Å². The van der Waals surface area contributed by atoms with Crippen LogP contribution in [0.5, 0.6) is 0 Å². The van der Waals surface area contributed by atoms with Gasteiger partial charge in [-0.15, -0.1) is 0 Å². The van der Waals surface area contributed by atoms with E-state index in [9.17, 15) is 0 Å². The van der Waals surface area contributed by atoms with Gasteiger partial charge in [0.15, 0.2) is 0 Å². The van der Waals surface area contributed by atoms with Crippen molar-refractivity contribution in [2.75, 3.05) is 46.3 Å². The van der Waals surface area contributed by atoms with Crippen molar-refractivity contribution >= 4 is 28.3 Å². The normalized spacial score (nSPS) is 11.1. The minimum atomic E-state index is 0.725. The van der Waals surface area contributed by atoms with E-state index >= 15 is 0 Å². The lowest BCUT2D eigenvalue weighted by molar-refractivity contribution is 0.110. The molecule has 0 fully saturated rings. The summed E-state index contributed by atoms with van der Waals surface area (Å²) in [5, 5.41) is 0. The Kier molecular flexibility index (Phi) is 7.57. The van der Waals surface area contributed by atoms with Crippen LogP contribution in [0.3, 0.4) is 0 Å². The number of ether oxygens (including phenoxy) is 2. The highest BCUT2D eigenvalue weighted by molar-refractivity contribution is 14.1. The molecule has 0 bridgehead atoms. The van der Waals surface area contributed by atoms with Gasteiger partial charge in [0.25, 0.3) is 0 Å². The third kappa shape index (κ3) is 5.99. The first kappa shape index (κ1) is 15.7. The molecule has 18 heavy (non-hydrogen) atoms. The number of anilines is 1. The van der Waals surface area contributed by atoms with E-state index in [0.29, 0.717) is 0 Å². The molecule has 0 saturated carbocycles. The molecule has 0 aromatic heterocycles. The summed E-state index contributed by atoms with van der Waals surface area (Å²) < 4.78 is 11.4. The average Bonchev–Trinajstić information content (AvgIpc) is 2.31. The third-order valence-corrected chi connectivity index (χ3v) is 3.23. The molecule has 4 nitrogen and oxygen atoms in total. The number of hydrogen-bond acceptors (Lipinski definition) is 4. The molecular weight excluding hydrogens is 343 g/mol. The van der Waals surface area contributed by atoms with Crippen LogP contribution < -0.4 is 5.73 Å². The van der Waals surface area contributed by atoms with Gasteiger partial charge in [-0.3, -0.25) is 4.90 Å². The summed E-state index contributed by atoms with van der Waals surface area (Å²) in [6, 6.07) is 6.15. The van der Waals surface area contributed by atoms with Crippen molar-refractivity contribution < 1.29 is 9.47 Å². The highest BCUT2D eigenvalue weighted by Crippen LogP contribution is 2.15. The van der Waals surface area contributed by atoms with Crippen LogP contribution in [0.15, 0.2) is 18.2 Å². The van der Waals surface area contributed by atoms with Crippen LogP contribution >= 0.6 is 22.6 Å². The third-order valence-electron chi connectivity index (χ3n) is 2.61. The minimum absolute atomic E-state index is 0.725. The van der Waals surface area contributed by atoms with Crippen molar-refractivity contribution in [1.82, 2.24) is 4.90 Å². The van der Waals surface area contributed by atoms with Crippen molar-refractivity contribution in [1.29, 1.82) is 0 Å². The molecule has 0 amide bonds. The van der Waals surface area contributed by atoms with E-state index in [1.165, 1.54) is 9.13 Å². The average molecular weight is 364 g/mol. The predicted octanol–water partition coefficient (Wildman–Crippen LogP) is 1.97. The van der Waals surface area contributed by atoms with Gasteiger partial charge in [-0.2, -0.15) is 0 Å². The number of methoxy groups -OCH3 is 2. The van der Waals surface area contributed by atoms with Gasteiger partial charge in [-0.1, -0.05) is 0 Å². The minimum Gasteiger partial charge on any atom is -0.399 e. The molecule has 0 heterocycles. The molecule has 0 aliphatic heterocycles. The Bertz CT molecular complexity index is 333. The van der Waals surface area contributed by atoms with E-state index in [1.54, 1.807) is 14.2 Å². The van der Waals surface area contributed by atoms with Gasteiger partial charge >= 0.3 is 0 Å². The molecule has 0 saturated heterocycles. The monoisotopic (exact) mass is 364 g/mol. The van der Waals surface area contributed by atoms with Crippen LogP contribution in [0.4, 0.5) is 5.69 Å². The molecule has 1 rings (SSSR count). The molecule has 1 aromatic carbocycles. The maximum absolute atomic E-state index is 5.86. The Labute approximate surface area is 123 Å². The zero-order valence-electron chi connectivity index (χ0n) is 11.0. The first-order chi connectivity index (χ1) is 8.65. The van der Waals surface area contributed by atoms with Crippen LogP contribution in [-0.2, 0) is 16.0 Å². The fraction of sp³-hybridized carbons (Fsp3) is 0.538. The van der Waals surface area contributed by atoms with Gasteiger partial charge in [0, 0.05) is 43.1 Å². The topological polar surface area (TPSA) is 47.7 Å². The molecule has 1 aromatic rings. The molecular formula is C13H21IN2O2. The molecule has 5 heteroatoms. The van der Waals surface area contributed by atoms with Crippen molar-refractivity contribution in [3.8, 4) is 0 Å². The van der Waals surface area contributed by atoms with Crippen molar-refractivity contribution in [3.05, 3.63) is 27.3 Å². The van der Waals surface area contributed by atoms with Gasteiger partial charge in [-0.05, 0) is 46.4 Å². The SMILES string of the molecule is COCCN(CCOC)Cc1cc(N)cc(I)c1. The lowest BCUT2D eigenvalue weighted by Crippen LogP contribution is -2.30. The van der Waals surface area contributed by atoms with Crippen LogP contribution in [0.2, 0.25) is 0 Å². The van der Waals surface area contributed by atoms with E-state index in [2.05, 4.69) is 33.6 Å². The summed E-state index contributed by atoms with van der Waals surface area (Å²) >= 11 is 2.29. The fourth-order valence-electron chi connectivity index (χ4n) is 1.74. The molecule has 0 spiro atoms. The van der Waals surface area contributed by atoms with Gasteiger partial charge < -0.3 is 15.2 Å². The number of hydrogen-bond donors (Lipinski definition) is 1. The first-order valence-electron chi connectivity index (χ1n) is 5.91. The Morgan fingerprint density at radius 1 is 1.11 bits per heavy atom. The maximum atomic E-state index is 5.86. The molecule has 102 valence electrons. The summed E-state index contributed by atoms with van der Waals surface area (Å²) in [5.74, 6) is 0. The summed E-state index contributed by atoms with van der Waals surface area (Å²) in [6.07, 6.45) is 0. The Balaban J connectivity index is 2.62. The molecule has 0 radical (unpaired) electrons. The second kappa shape index (κ2) is 8.68. The standard InChI is InChI=1S/C13H21IN2O2/c1-17-5-3-16(4-6-18-2)10-11-7-12(14)9-13(15)8-11/h7-9H,3-6,10,15H2,1-2H3. The van der Waals surface area contributed by atoms with E-state index < -0.39 is 0 Å². The quantitative estimate of drug-likeness (QED) is 0.566. The van der Waals surface area contributed by atoms with Crippen LogP contribution in [0, 0.1) is 3.57 Å². The highest BCUT2D eigenvalue weighted by atomic mass is 127. The Hall–Kier alpha value is -0.370. The largest absolute Gasteiger partial charge is 0.399 e. The van der Waals surface area contributed by atoms with Gasteiger partial charge in [0.05, 0.1) is 13.2 Å². The summed E-state index contributed by atoms with van der Waals surface area (Å²) in [7, 11) is 3.44. The second-order valence-electron chi connectivity index (χ2n) is 4.15. The Morgan fingerprint density at radius 2 is 1.72 bits per heavy atom. The van der Waals surface area contributed by atoms with Crippen molar-refractivity contribution in [2.45, 2.75) is 6.54 Å². The number of nitrogens with two attached hydrogens (primary N) is 1. The number of rotatable bonds is 8. The molecule has 0 atom stereocenters. The highest BCUT2D eigenvalue weighted by Gasteiger charge is 2.06. The van der Waals surface area contributed by atoms with E-state index in [0.717, 1.165) is 38.5 Å². The summed E-state index contributed by atoms with van der Waals surface area (Å²) in [4.78, 5) is 2.30. The summed E-state index contributed by atoms with van der Waals surface area (Å²) in [6.45, 7) is 4.11. The summed E-state index contributed by atoms with van der Waals surface area (Å²) in [5.41, 5.74) is 7.91. The molecule has 0 unspecified atom stereocenters.